The molecule has 110 valence electrons. The molecule has 0 saturated carbocycles. The molecule has 1 N–H and O–H groups in total. The summed E-state index contributed by atoms with van der Waals surface area (Å²) >= 11 is 3.32. The Kier molecular flexibility index (Phi) is 4.10. The highest BCUT2D eigenvalue weighted by Gasteiger charge is 2.13. The largest absolute Gasteiger partial charge is 0.454 e. The summed E-state index contributed by atoms with van der Waals surface area (Å²) in [6, 6.07) is 5.65. The number of benzene rings is 1. The van der Waals surface area contributed by atoms with Crippen LogP contribution in [0, 0.1) is 0 Å². The van der Waals surface area contributed by atoms with Gasteiger partial charge in [-0.25, -0.2) is 0 Å². The normalized spacial score (nSPS) is 12.4. The fourth-order valence-electron chi connectivity index (χ4n) is 2.02. The monoisotopic (exact) mass is 351 g/mol. The standard InChI is InChI=1S/C14H14BrN3O3/c15-11-7-17-18(8-11)4-3-14(19)16-6-10-1-2-12-13(5-10)21-9-20-12/h1-2,5,7-8H,3-4,6,9H2,(H,16,19). The number of aryl methyl sites for hydroxylation is 1. The fraction of sp³-hybridized carbons (Fsp3) is 0.286. The third-order valence-corrected chi connectivity index (χ3v) is 3.51. The van der Waals surface area contributed by atoms with E-state index in [4.69, 9.17) is 9.47 Å². The molecule has 2 aromatic rings. The Bertz CT molecular complexity index is 657. The zero-order valence-electron chi connectivity index (χ0n) is 11.2. The SMILES string of the molecule is O=C(CCn1cc(Br)cn1)NCc1ccc2c(c1)OCO2. The van der Waals surface area contributed by atoms with Crippen molar-refractivity contribution in [2.24, 2.45) is 0 Å². The van der Waals surface area contributed by atoms with E-state index >= 15 is 0 Å². The van der Waals surface area contributed by atoms with Gasteiger partial charge in [0, 0.05) is 25.7 Å². The van der Waals surface area contributed by atoms with Crippen molar-refractivity contribution in [3.63, 3.8) is 0 Å². The molecular formula is C14H14BrN3O3. The predicted octanol–water partition coefficient (Wildman–Crippen LogP) is 2.08. The summed E-state index contributed by atoms with van der Waals surface area (Å²) < 4.78 is 13.2. The van der Waals surface area contributed by atoms with Gasteiger partial charge in [0.2, 0.25) is 12.7 Å². The summed E-state index contributed by atoms with van der Waals surface area (Å²) in [6.07, 6.45) is 3.92. The number of carbonyl (C=O) groups is 1. The van der Waals surface area contributed by atoms with Crippen molar-refractivity contribution in [3.05, 3.63) is 40.6 Å². The Morgan fingerprint density at radius 1 is 1.38 bits per heavy atom. The first kappa shape index (κ1) is 13.9. The Morgan fingerprint density at radius 2 is 2.24 bits per heavy atom. The van der Waals surface area contributed by atoms with Gasteiger partial charge < -0.3 is 14.8 Å². The van der Waals surface area contributed by atoms with Crippen molar-refractivity contribution in [2.75, 3.05) is 6.79 Å². The van der Waals surface area contributed by atoms with Gasteiger partial charge in [-0.1, -0.05) is 6.07 Å². The summed E-state index contributed by atoms with van der Waals surface area (Å²) in [6.45, 7) is 1.28. The molecule has 0 spiro atoms. The number of ether oxygens (including phenoxy) is 2. The molecule has 2 heterocycles. The van der Waals surface area contributed by atoms with Crippen molar-refractivity contribution < 1.29 is 14.3 Å². The maximum absolute atomic E-state index is 11.8. The molecule has 1 amide bonds. The van der Waals surface area contributed by atoms with Crippen LogP contribution >= 0.6 is 15.9 Å². The average molecular weight is 352 g/mol. The summed E-state index contributed by atoms with van der Waals surface area (Å²) in [7, 11) is 0. The second-order valence-corrected chi connectivity index (χ2v) is 5.55. The maximum atomic E-state index is 11.8. The molecule has 0 fully saturated rings. The lowest BCUT2D eigenvalue weighted by Crippen LogP contribution is -2.24. The average Bonchev–Trinajstić information content (AvgIpc) is 3.10. The van der Waals surface area contributed by atoms with E-state index in [2.05, 4.69) is 26.3 Å². The molecule has 7 heteroatoms. The predicted molar refractivity (Wildman–Crippen MR) is 79.0 cm³/mol. The molecule has 0 saturated heterocycles. The number of hydrogen-bond donors (Lipinski definition) is 1. The lowest BCUT2D eigenvalue weighted by atomic mass is 10.2. The van der Waals surface area contributed by atoms with Gasteiger partial charge in [-0.05, 0) is 33.6 Å². The van der Waals surface area contributed by atoms with Crippen LogP contribution in [0.3, 0.4) is 0 Å². The summed E-state index contributed by atoms with van der Waals surface area (Å²) in [5.41, 5.74) is 0.981. The molecule has 0 atom stereocenters. The Balaban J connectivity index is 1.47. The second-order valence-electron chi connectivity index (χ2n) is 4.64. The smallest absolute Gasteiger partial charge is 0.231 e. The molecule has 6 nitrogen and oxygen atoms in total. The molecule has 0 unspecified atom stereocenters. The van der Waals surface area contributed by atoms with Gasteiger partial charge in [0.05, 0.1) is 10.7 Å². The highest BCUT2D eigenvalue weighted by Crippen LogP contribution is 2.32. The van der Waals surface area contributed by atoms with Crippen LogP contribution < -0.4 is 14.8 Å². The van der Waals surface area contributed by atoms with Crippen LogP contribution in [0.25, 0.3) is 0 Å². The van der Waals surface area contributed by atoms with Gasteiger partial charge in [-0.3, -0.25) is 9.48 Å². The number of carbonyl (C=O) groups excluding carboxylic acids is 1. The Hall–Kier alpha value is -2.02. The van der Waals surface area contributed by atoms with Crippen molar-refractivity contribution in [3.8, 4) is 11.5 Å². The number of nitrogens with zero attached hydrogens (tertiary/aromatic N) is 2. The van der Waals surface area contributed by atoms with E-state index < -0.39 is 0 Å². The summed E-state index contributed by atoms with van der Waals surface area (Å²) in [5, 5.41) is 6.98. The first-order valence-electron chi connectivity index (χ1n) is 6.54. The van der Waals surface area contributed by atoms with E-state index in [1.807, 2.05) is 24.4 Å². The third-order valence-electron chi connectivity index (χ3n) is 3.10. The second kappa shape index (κ2) is 6.17. The summed E-state index contributed by atoms with van der Waals surface area (Å²) in [5.74, 6) is 1.46. The van der Waals surface area contributed by atoms with Gasteiger partial charge in [-0.15, -0.1) is 0 Å². The molecule has 0 bridgehead atoms. The number of halogens is 1. The number of aromatic nitrogens is 2. The lowest BCUT2D eigenvalue weighted by Gasteiger charge is -2.06. The fourth-order valence-corrected chi connectivity index (χ4v) is 2.34. The van der Waals surface area contributed by atoms with Gasteiger partial charge in [-0.2, -0.15) is 5.10 Å². The molecule has 1 aromatic heterocycles. The molecule has 1 aromatic carbocycles. The minimum absolute atomic E-state index is 0.0145. The van der Waals surface area contributed by atoms with E-state index in [1.54, 1.807) is 10.9 Å². The Morgan fingerprint density at radius 3 is 3.05 bits per heavy atom. The molecule has 1 aliphatic heterocycles. The van der Waals surface area contributed by atoms with Gasteiger partial charge in [0.25, 0.3) is 0 Å². The van der Waals surface area contributed by atoms with Crippen LogP contribution in [0.5, 0.6) is 11.5 Å². The number of amides is 1. The molecule has 21 heavy (non-hydrogen) atoms. The third kappa shape index (κ3) is 3.55. The van der Waals surface area contributed by atoms with Crippen molar-refractivity contribution in [1.82, 2.24) is 15.1 Å². The van der Waals surface area contributed by atoms with Crippen LogP contribution in [0.15, 0.2) is 35.1 Å². The van der Waals surface area contributed by atoms with E-state index in [9.17, 15) is 4.79 Å². The minimum atomic E-state index is -0.0145. The van der Waals surface area contributed by atoms with E-state index in [0.29, 0.717) is 19.5 Å². The highest BCUT2D eigenvalue weighted by atomic mass is 79.9. The Labute approximate surface area is 130 Å². The summed E-state index contributed by atoms with van der Waals surface area (Å²) in [4.78, 5) is 11.8. The highest BCUT2D eigenvalue weighted by molar-refractivity contribution is 9.10. The number of rotatable bonds is 5. The van der Waals surface area contributed by atoms with Gasteiger partial charge in [0.1, 0.15) is 0 Å². The van der Waals surface area contributed by atoms with Gasteiger partial charge >= 0.3 is 0 Å². The van der Waals surface area contributed by atoms with Crippen molar-refractivity contribution >= 4 is 21.8 Å². The molecule has 3 rings (SSSR count). The molecular weight excluding hydrogens is 338 g/mol. The molecule has 0 radical (unpaired) electrons. The lowest BCUT2D eigenvalue weighted by molar-refractivity contribution is -0.121. The van der Waals surface area contributed by atoms with Crippen LogP contribution in [0.4, 0.5) is 0 Å². The number of nitrogens with one attached hydrogen (secondary N) is 1. The number of fused-ring (bicyclic) bond motifs is 1. The van der Waals surface area contributed by atoms with Crippen molar-refractivity contribution in [2.45, 2.75) is 19.5 Å². The quantitative estimate of drug-likeness (QED) is 0.895. The van der Waals surface area contributed by atoms with E-state index in [-0.39, 0.29) is 12.7 Å². The zero-order chi connectivity index (χ0) is 14.7. The van der Waals surface area contributed by atoms with E-state index in [1.165, 1.54) is 0 Å². The van der Waals surface area contributed by atoms with E-state index in [0.717, 1.165) is 21.5 Å². The van der Waals surface area contributed by atoms with Gasteiger partial charge in [0.15, 0.2) is 11.5 Å². The minimum Gasteiger partial charge on any atom is -0.454 e. The van der Waals surface area contributed by atoms with Crippen LogP contribution in [-0.4, -0.2) is 22.5 Å². The van der Waals surface area contributed by atoms with Crippen LogP contribution in [0.2, 0.25) is 0 Å². The topological polar surface area (TPSA) is 65.4 Å². The maximum Gasteiger partial charge on any atom is 0.231 e. The van der Waals surface area contributed by atoms with Crippen LogP contribution in [0.1, 0.15) is 12.0 Å². The first-order valence-corrected chi connectivity index (χ1v) is 7.33. The zero-order valence-corrected chi connectivity index (χ0v) is 12.8. The van der Waals surface area contributed by atoms with Crippen LogP contribution in [-0.2, 0) is 17.9 Å². The van der Waals surface area contributed by atoms with Crippen molar-refractivity contribution in [1.29, 1.82) is 0 Å². The molecule has 1 aliphatic rings. The number of hydrogen-bond acceptors (Lipinski definition) is 4. The first-order chi connectivity index (χ1) is 10.2. The molecule has 0 aliphatic carbocycles.